The number of fused-ring (bicyclic) bond motifs is 2. The second kappa shape index (κ2) is 3.77. The van der Waals surface area contributed by atoms with Crippen LogP contribution in [0.4, 0.5) is 5.69 Å². The van der Waals surface area contributed by atoms with Crippen molar-refractivity contribution in [1.29, 1.82) is 0 Å². The normalized spacial score (nSPS) is 12.6. The van der Waals surface area contributed by atoms with Crippen molar-refractivity contribution in [1.82, 2.24) is 0 Å². The molecule has 0 saturated carbocycles. The fourth-order valence-electron chi connectivity index (χ4n) is 2.20. The summed E-state index contributed by atoms with van der Waals surface area (Å²) in [5, 5.41) is 0. The first kappa shape index (κ1) is 10.7. The van der Waals surface area contributed by atoms with Gasteiger partial charge in [-0.15, -0.1) is 0 Å². The van der Waals surface area contributed by atoms with Crippen LogP contribution >= 0.6 is 15.9 Å². The minimum atomic E-state index is 0.780. The summed E-state index contributed by atoms with van der Waals surface area (Å²) in [5.41, 5.74) is 10.2. The number of nitrogen functional groups attached to an aromatic ring is 1. The molecule has 0 aromatic heterocycles. The van der Waals surface area contributed by atoms with E-state index in [0.29, 0.717) is 0 Å². The number of hydrogen-bond acceptors (Lipinski definition) is 2. The number of aryl methyl sites for hydroxylation is 1. The van der Waals surface area contributed by atoms with Crippen LogP contribution in [-0.4, -0.2) is 0 Å². The van der Waals surface area contributed by atoms with Crippen LogP contribution < -0.4 is 10.5 Å². The summed E-state index contributed by atoms with van der Waals surface area (Å²) in [6.45, 7) is 2.08. The molecule has 1 aliphatic rings. The quantitative estimate of drug-likeness (QED) is 0.634. The van der Waals surface area contributed by atoms with E-state index in [-0.39, 0.29) is 0 Å². The molecule has 17 heavy (non-hydrogen) atoms. The van der Waals surface area contributed by atoms with E-state index in [2.05, 4.69) is 35.0 Å². The molecule has 2 nitrogen and oxygen atoms in total. The summed E-state index contributed by atoms with van der Waals surface area (Å²) in [7, 11) is 0. The predicted octanol–water partition coefficient (Wildman–Crippen LogP) is 4.04. The molecule has 2 aromatic rings. The monoisotopic (exact) mass is 289 g/mol. The van der Waals surface area contributed by atoms with Gasteiger partial charge in [0.15, 0.2) is 0 Å². The molecule has 0 radical (unpaired) electrons. The minimum Gasteiger partial charge on any atom is -0.456 e. The predicted molar refractivity (Wildman–Crippen MR) is 72.6 cm³/mol. The smallest absolute Gasteiger partial charge is 0.145 e. The largest absolute Gasteiger partial charge is 0.456 e. The Morgan fingerprint density at radius 2 is 2.00 bits per heavy atom. The zero-order valence-electron chi connectivity index (χ0n) is 9.46. The Balaban J connectivity index is 2.14. The summed E-state index contributed by atoms with van der Waals surface area (Å²) in [6.07, 6.45) is 0.871. The van der Waals surface area contributed by atoms with Gasteiger partial charge in [-0.1, -0.05) is 6.07 Å². The van der Waals surface area contributed by atoms with Gasteiger partial charge in [0.05, 0.1) is 4.47 Å². The molecule has 2 aromatic carbocycles. The van der Waals surface area contributed by atoms with Crippen molar-refractivity contribution in [2.75, 3.05) is 5.73 Å². The molecule has 86 valence electrons. The van der Waals surface area contributed by atoms with E-state index >= 15 is 0 Å². The van der Waals surface area contributed by atoms with Crippen molar-refractivity contribution in [3.05, 3.63) is 51.5 Å². The van der Waals surface area contributed by atoms with E-state index in [9.17, 15) is 0 Å². The Kier molecular flexibility index (Phi) is 2.37. The van der Waals surface area contributed by atoms with E-state index in [4.69, 9.17) is 10.5 Å². The fraction of sp³-hybridized carbons (Fsp3) is 0.143. The second-order valence-corrected chi connectivity index (χ2v) is 5.24. The van der Waals surface area contributed by atoms with Gasteiger partial charge in [-0.3, -0.25) is 0 Å². The maximum absolute atomic E-state index is 5.92. The summed E-state index contributed by atoms with van der Waals surface area (Å²) in [5.74, 6) is 1.82. The average molecular weight is 290 g/mol. The van der Waals surface area contributed by atoms with E-state index in [1.807, 2.05) is 18.2 Å². The first-order valence-electron chi connectivity index (χ1n) is 5.49. The fourth-order valence-corrected chi connectivity index (χ4v) is 2.90. The zero-order chi connectivity index (χ0) is 12.0. The SMILES string of the molecule is Cc1cc(Br)c2c(c1)Cc1cc(N)ccc1O2. The maximum atomic E-state index is 5.92. The molecule has 0 fully saturated rings. The summed E-state index contributed by atoms with van der Waals surface area (Å²) in [4.78, 5) is 0. The minimum absolute atomic E-state index is 0.780. The van der Waals surface area contributed by atoms with E-state index in [1.54, 1.807) is 0 Å². The number of benzene rings is 2. The number of halogens is 1. The van der Waals surface area contributed by atoms with Gasteiger partial charge in [0, 0.05) is 23.2 Å². The van der Waals surface area contributed by atoms with Crippen LogP contribution in [-0.2, 0) is 6.42 Å². The molecule has 1 aliphatic heterocycles. The van der Waals surface area contributed by atoms with Crippen molar-refractivity contribution in [2.45, 2.75) is 13.3 Å². The Labute approximate surface area is 109 Å². The zero-order valence-corrected chi connectivity index (χ0v) is 11.0. The topological polar surface area (TPSA) is 35.2 Å². The number of anilines is 1. The van der Waals surface area contributed by atoms with Crippen LogP contribution in [0.1, 0.15) is 16.7 Å². The van der Waals surface area contributed by atoms with Gasteiger partial charge in [0.1, 0.15) is 11.5 Å². The average Bonchev–Trinajstić information content (AvgIpc) is 2.26. The molecule has 3 rings (SSSR count). The van der Waals surface area contributed by atoms with Gasteiger partial charge in [-0.25, -0.2) is 0 Å². The lowest BCUT2D eigenvalue weighted by Gasteiger charge is -2.22. The lowest BCUT2D eigenvalue weighted by atomic mass is 9.98. The van der Waals surface area contributed by atoms with Crippen molar-refractivity contribution < 1.29 is 4.74 Å². The summed E-state index contributed by atoms with van der Waals surface area (Å²) in [6, 6.07) is 10.0. The van der Waals surface area contributed by atoms with Gasteiger partial charge in [-0.05, 0) is 52.7 Å². The maximum Gasteiger partial charge on any atom is 0.145 e. The molecule has 3 heteroatoms. The van der Waals surface area contributed by atoms with Crippen molar-refractivity contribution in [3.63, 3.8) is 0 Å². The van der Waals surface area contributed by atoms with E-state index in [0.717, 1.165) is 33.6 Å². The molecule has 0 amide bonds. The highest BCUT2D eigenvalue weighted by Crippen LogP contribution is 2.41. The van der Waals surface area contributed by atoms with Gasteiger partial charge >= 0.3 is 0 Å². The van der Waals surface area contributed by atoms with Crippen LogP contribution in [0.5, 0.6) is 11.5 Å². The van der Waals surface area contributed by atoms with E-state index < -0.39 is 0 Å². The summed E-state index contributed by atoms with van der Waals surface area (Å²) >= 11 is 3.55. The first-order chi connectivity index (χ1) is 8.13. The molecule has 1 heterocycles. The van der Waals surface area contributed by atoms with Crippen molar-refractivity contribution in [3.8, 4) is 11.5 Å². The number of rotatable bonds is 0. The molecular formula is C14H12BrNO. The molecule has 0 spiro atoms. The third-order valence-electron chi connectivity index (χ3n) is 2.94. The highest BCUT2D eigenvalue weighted by molar-refractivity contribution is 9.10. The third kappa shape index (κ3) is 1.80. The second-order valence-electron chi connectivity index (χ2n) is 4.38. The standard InChI is InChI=1S/C14H12BrNO/c1-8-4-10-6-9-7-11(16)2-3-13(9)17-14(10)12(15)5-8/h2-5,7H,6,16H2,1H3. The molecule has 0 atom stereocenters. The molecule has 2 N–H and O–H groups in total. The lowest BCUT2D eigenvalue weighted by molar-refractivity contribution is 0.457. The summed E-state index contributed by atoms with van der Waals surface area (Å²) < 4.78 is 6.93. The van der Waals surface area contributed by atoms with Gasteiger partial charge in [0.25, 0.3) is 0 Å². The van der Waals surface area contributed by atoms with Crippen LogP contribution in [0.3, 0.4) is 0 Å². The molecule has 0 bridgehead atoms. The van der Waals surface area contributed by atoms with Crippen LogP contribution in [0.25, 0.3) is 0 Å². The Morgan fingerprint density at radius 3 is 2.82 bits per heavy atom. The van der Waals surface area contributed by atoms with Crippen LogP contribution in [0, 0.1) is 6.92 Å². The van der Waals surface area contributed by atoms with Crippen LogP contribution in [0.15, 0.2) is 34.8 Å². The van der Waals surface area contributed by atoms with Crippen molar-refractivity contribution in [2.24, 2.45) is 0 Å². The lowest BCUT2D eigenvalue weighted by Crippen LogP contribution is -2.04. The molecule has 0 aliphatic carbocycles. The van der Waals surface area contributed by atoms with Crippen molar-refractivity contribution >= 4 is 21.6 Å². The van der Waals surface area contributed by atoms with Gasteiger partial charge in [-0.2, -0.15) is 0 Å². The van der Waals surface area contributed by atoms with Gasteiger partial charge < -0.3 is 10.5 Å². The first-order valence-corrected chi connectivity index (χ1v) is 6.28. The van der Waals surface area contributed by atoms with Crippen LogP contribution in [0.2, 0.25) is 0 Å². The highest BCUT2D eigenvalue weighted by Gasteiger charge is 2.19. The Hall–Kier alpha value is -1.48. The molecular weight excluding hydrogens is 278 g/mol. The number of hydrogen-bond donors (Lipinski definition) is 1. The van der Waals surface area contributed by atoms with Gasteiger partial charge in [0.2, 0.25) is 0 Å². The van der Waals surface area contributed by atoms with E-state index in [1.165, 1.54) is 11.1 Å². The highest BCUT2D eigenvalue weighted by atomic mass is 79.9. The molecule has 0 unspecified atom stereocenters. The third-order valence-corrected chi connectivity index (χ3v) is 3.53. The number of ether oxygens (including phenoxy) is 1. The Morgan fingerprint density at radius 1 is 1.18 bits per heavy atom. The molecule has 0 saturated heterocycles. The number of nitrogens with two attached hydrogens (primary N) is 1. The Bertz CT molecular complexity index is 607.